The van der Waals surface area contributed by atoms with Gasteiger partial charge in [0.1, 0.15) is 0 Å². The lowest BCUT2D eigenvalue weighted by Gasteiger charge is -2.30. The van der Waals surface area contributed by atoms with Crippen LogP contribution in [-0.4, -0.2) is 0 Å². The smallest absolute Gasteiger partial charge is 0.0227 e. The second kappa shape index (κ2) is 10.2. The first-order valence-corrected chi connectivity index (χ1v) is 12.8. The van der Waals surface area contributed by atoms with E-state index in [9.17, 15) is 0 Å². The minimum absolute atomic E-state index is 0.142. The minimum Gasteiger partial charge on any atom is -0.0683 e. The summed E-state index contributed by atoms with van der Waals surface area (Å²) in [6.45, 7) is 8.00. The molecule has 0 atom stereocenters. The molecule has 0 amide bonds. The fourth-order valence-corrected chi connectivity index (χ4v) is 5.90. The van der Waals surface area contributed by atoms with Crippen molar-refractivity contribution in [3.63, 3.8) is 0 Å². The van der Waals surface area contributed by atoms with Crippen molar-refractivity contribution in [2.75, 3.05) is 0 Å². The van der Waals surface area contributed by atoms with Crippen LogP contribution in [0.2, 0.25) is 0 Å². The lowest BCUT2D eigenvalue weighted by atomic mass is 9.72. The van der Waals surface area contributed by atoms with Crippen molar-refractivity contribution in [1.82, 2.24) is 0 Å². The number of benzene rings is 4. The highest BCUT2D eigenvalue weighted by Gasteiger charge is 2.47. The maximum atomic E-state index is 2.35. The summed E-state index contributed by atoms with van der Waals surface area (Å²) in [5.74, 6) is 0. The molecule has 1 spiro atoms. The molecular weight excluding hydrogens is 396 g/mol. The van der Waals surface area contributed by atoms with E-state index >= 15 is 0 Å². The largest absolute Gasteiger partial charge is 0.0683 e. The zero-order valence-electron chi connectivity index (χ0n) is 20.6. The molecule has 6 rings (SSSR count). The number of hydrogen-bond acceptors (Lipinski definition) is 0. The van der Waals surface area contributed by atoms with Gasteiger partial charge in [-0.3, -0.25) is 0 Å². The third-order valence-electron chi connectivity index (χ3n) is 7.00. The van der Waals surface area contributed by atoms with Crippen LogP contribution in [0.4, 0.5) is 0 Å². The van der Waals surface area contributed by atoms with E-state index in [2.05, 4.69) is 97.1 Å². The molecule has 0 saturated heterocycles. The summed E-state index contributed by atoms with van der Waals surface area (Å²) < 4.78 is 0. The summed E-state index contributed by atoms with van der Waals surface area (Å²) in [7, 11) is 0. The first-order valence-electron chi connectivity index (χ1n) is 12.8. The number of rotatable bonds is 2. The fraction of sp³-hybridized carbons (Fsp3) is 0.273. The Hall–Kier alpha value is -3.12. The Labute approximate surface area is 200 Å². The van der Waals surface area contributed by atoms with E-state index in [1.807, 2.05) is 27.7 Å². The standard InChI is InChI=1S/C29H24.2C2H6/c1-3-11-21(12-4-1)23-15-9-17-25-26-18-10-16-24(22-13-5-2-6-14-22)28(26)29(27(23)25)19-7-8-20-29;2*1-2/h1-6,9-18H,7-8,19-20H2;2*1-2H3. The third-order valence-corrected chi connectivity index (χ3v) is 7.00. The van der Waals surface area contributed by atoms with E-state index in [-0.39, 0.29) is 5.41 Å². The van der Waals surface area contributed by atoms with Crippen LogP contribution in [0.1, 0.15) is 64.5 Å². The average molecular weight is 433 g/mol. The monoisotopic (exact) mass is 432 g/mol. The van der Waals surface area contributed by atoms with E-state index in [1.54, 1.807) is 11.1 Å². The Morgan fingerprint density at radius 1 is 0.424 bits per heavy atom. The molecule has 168 valence electrons. The third kappa shape index (κ3) is 3.82. The molecule has 0 aromatic heterocycles. The minimum atomic E-state index is 0.142. The van der Waals surface area contributed by atoms with Gasteiger partial charge in [-0.2, -0.15) is 0 Å². The summed E-state index contributed by atoms with van der Waals surface area (Å²) in [6.07, 6.45) is 5.12. The molecule has 0 heteroatoms. The Bertz CT molecular complexity index is 1090. The van der Waals surface area contributed by atoms with E-state index in [0.717, 1.165) is 0 Å². The van der Waals surface area contributed by atoms with Gasteiger partial charge in [0.15, 0.2) is 0 Å². The average Bonchev–Trinajstić information content (AvgIpc) is 3.52. The van der Waals surface area contributed by atoms with Gasteiger partial charge in [-0.25, -0.2) is 0 Å². The van der Waals surface area contributed by atoms with Gasteiger partial charge in [0.25, 0.3) is 0 Å². The lowest BCUT2D eigenvalue weighted by Crippen LogP contribution is -2.22. The van der Waals surface area contributed by atoms with Crippen LogP contribution in [0.5, 0.6) is 0 Å². The van der Waals surface area contributed by atoms with Crippen LogP contribution in [0, 0.1) is 0 Å². The predicted octanol–water partition coefficient (Wildman–Crippen LogP) is 9.91. The van der Waals surface area contributed by atoms with Crippen molar-refractivity contribution >= 4 is 0 Å². The predicted molar refractivity (Wildman–Crippen MR) is 145 cm³/mol. The summed E-state index contributed by atoms with van der Waals surface area (Å²) in [5.41, 5.74) is 11.7. The van der Waals surface area contributed by atoms with Gasteiger partial charge in [-0.05, 0) is 57.3 Å². The molecule has 1 saturated carbocycles. The molecule has 33 heavy (non-hydrogen) atoms. The molecule has 4 aromatic rings. The normalized spacial score (nSPS) is 14.4. The van der Waals surface area contributed by atoms with Gasteiger partial charge in [-0.15, -0.1) is 0 Å². The van der Waals surface area contributed by atoms with Gasteiger partial charge >= 0.3 is 0 Å². The highest BCUT2D eigenvalue weighted by atomic mass is 14.5. The van der Waals surface area contributed by atoms with Crippen molar-refractivity contribution < 1.29 is 0 Å². The Kier molecular flexibility index (Phi) is 7.14. The molecule has 1 fully saturated rings. The van der Waals surface area contributed by atoms with Crippen LogP contribution in [0.3, 0.4) is 0 Å². The van der Waals surface area contributed by atoms with Crippen LogP contribution in [-0.2, 0) is 5.41 Å². The van der Waals surface area contributed by atoms with Crippen molar-refractivity contribution in [3.8, 4) is 33.4 Å². The van der Waals surface area contributed by atoms with Gasteiger partial charge in [0.2, 0.25) is 0 Å². The summed E-state index contributed by atoms with van der Waals surface area (Å²) in [4.78, 5) is 0. The van der Waals surface area contributed by atoms with Crippen molar-refractivity contribution in [3.05, 3.63) is 108 Å². The van der Waals surface area contributed by atoms with Crippen LogP contribution in [0.15, 0.2) is 97.1 Å². The second-order valence-electron chi connectivity index (χ2n) is 8.48. The molecule has 0 N–H and O–H groups in total. The van der Waals surface area contributed by atoms with Gasteiger partial charge in [0.05, 0.1) is 0 Å². The highest BCUT2D eigenvalue weighted by Crippen LogP contribution is 2.61. The fourth-order valence-electron chi connectivity index (χ4n) is 5.90. The maximum Gasteiger partial charge on any atom is 0.0227 e. The molecule has 0 nitrogen and oxygen atoms in total. The zero-order chi connectivity index (χ0) is 23.3. The Morgan fingerprint density at radius 2 is 0.788 bits per heavy atom. The molecule has 2 aliphatic carbocycles. The van der Waals surface area contributed by atoms with E-state index in [1.165, 1.54) is 59.1 Å². The molecule has 0 bridgehead atoms. The maximum absolute atomic E-state index is 2.35. The van der Waals surface area contributed by atoms with Crippen molar-refractivity contribution in [2.24, 2.45) is 0 Å². The molecule has 0 aliphatic heterocycles. The van der Waals surface area contributed by atoms with Crippen molar-refractivity contribution in [2.45, 2.75) is 58.8 Å². The van der Waals surface area contributed by atoms with Gasteiger partial charge < -0.3 is 0 Å². The first-order chi connectivity index (χ1) is 16.4. The van der Waals surface area contributed by atoms with E-state index < -0.39 is 0 Å². The lowest BCUT2D eigenvalue weighted by molar-refractivity contribution is 0.552. The quantitative estimate of drug-likeness (QED) is 0.295. The molecule has 0 heterocycles. The summed E-state index contributed by atoms with van der Waals surface area (Å²) >= 11 is 0. The highest BCUT2D eigenvalue weighted by molar-refractivity contribution is 5.93. The topological polar surface area (TPSA) is 0 Å². The summed E-state index contributed by atoms with van der Waals surface area (Å²) in [6, 6.07) is 35.8. The molecule has 4 aromatic carbocycles. The summed E-state index contributed by atoms with van der Waals surface area (Å²) in [5, 5.41) is 0. The number of fused-ring (bicyclic) bond motifs is 5. The SMILES string of the molecule is CC.CC.c1ccc(-c2cccc3c2C2(CCCC2)c2c(-c4ccccc4)cccc2-3)cc1. The number of hydrogen-bond donors (Lipinski definition) is 0. The van der Waals surface area contributed by atoms with E-state index in [0.29, 0.717) is 0 Å². The molecule has 2 aliphatic rings. The second-order valence-corrected chi connectivity index (χ2v) is 8.48. The van der Waals surface area contributed by atoms with Crippen LogP contribution < -0.4 is 0 Å². The first kappa shape index (κ1) is 23.1. The van der Waals surface area contributed by atoms with Gasteiger partial charge in [0, 0.05) is 5.41 Å². The molecule has 0 unspecified atom stereocenters. The van der Waals surface area contributed by atoms with Crippen molar-refractivity contribution in [1.29, 1.82) is 0 Å². The Balaban J connectivity index is 0.000000617. The molecular formula is C33H36. The van der Waals surface area contributed by atoms with Gasteiger partial charge in [-0.1, -0.05) is 138 Å². The van der Waals surface area contributed by atoms with Crippen LogP contribution in [0.25, 0.3) is 33.4 Å². The molecule has 0 radical (unpaired) electrons. The van der Waals surface area contributed by atoms with Crippen LogP contribution >= 0.6 is 0 Å². The zero-order valence-corrected chi connectivity index (χ0v) is 20.6. The Morgan fingerprint density at radius 3 is 1.18 bits per heavy atom. The van der Waals surface area contributed by atoms with E-state index in [4.69, 9.17) is 0 Å².